The van der Waals surface area contributed by atoms with Crippen LogP contribution in [0.4, 0.5) is 0 Å². The van der Waals surface area contributed by atoms with Gasteiger partial charge in [0.25, 0.3) is 0 Å². The minimum Gasteiger partial charge on any atom is -0.463 e. The van der Waals surface area contributed by atoms with Gasteiger partial charge < -0.3 is 9.15 Å². The van der Waals surface area contributed by atoms with E-state index in [4.69, 9.17) is 9.15 Å². The van der Waals surface area contributed by atoms with Crippen molar-refractivity contribution in [1.29, 1.82) is 0 Å². The molecule has 0 N–H and O–H groups in total. The largest absolute Gasteiger partial charge is 0.463 e. The second kappa shape index (κ2) is 5.74. The Morgan fingerprint density at radius 3 is 2.86 bits per heavy atom. The molecule has 0 saturated carbocycles. The van der Waals surface area contributed by atoms with Crippen LogP contribution >= 0.6 is 0 Å². The molecule has 4 heteroatoms. The molecule has 0 bridgehead atoms. The minimum atomic E-state index is -0.414. The zero-order chi connectivity index (χ0) is 14.8. The normalized spacial score (nSPS) is 14.8. The summed E-state index contributed by atoms with van der Waals surface area (Å²) in [5.41, 5.74) is 3.63. The Labute approximate surface area is 124 Å². The number of esters is 1. The standard InChI is InChI=1S/C17H19NO3/c1-12-9-15(21-16(12)17(19)20-2)11-18-8-7-13-5-3-4-6-14(13)10-18/h3-6,9H,7-8,10-11H2,1-2H3. The van der Waals surface area contributed by atoms with Crippen molar-refractivity contribution in [2.24, 2.45) is 0 Å². The predicted octanol–water partition coefficient (Wildman–Crippen LogP) is 2.93. The highest BCUT2D eigenvalue weighted by atomic mass is 16.5. The number of ether oxygens (including phenoxy) is 1. The number of fused-ring (bicyclic) bond motifs is 1. The number of benzene rings is 1. The quantitative estimate of drug-likeness (QED) is 0.813. The molecular weight excluding hydrogens is 266 g/mol. The summed E-state index contributed by atoms with van der Waals surface area (Å²) in [4.78, 5) is 13.9. The number of furan rings is 1. The van der Waals surface area contributed by atoms with E-state index in [9.17, 15) is 4.79 Å². The number of hydrogen-bond acceptors (Lipinski definition) is 4. The van der Waals surface area contributed by atoms with E-state index in [0.717, 1.165) is 30.8 Å². The molecule has 0 atom stereocenters. The third kappa shape index (κ3) is 2.85. The average Bonchev–Trinajstić information content (AvgIpc) is 2.87. The molecule has 0 radical (unpaired) electrons. The summed E-state index contributed by atoms with van der Waals surface area (Å²) < 4.78 is 10.4. The van der Waals surface area contributed by atoms with Gasteiger partial charge in [-0.25, -0.2) is 4.79 Å². The maximum Gasteiger partial charge on any atom is 0.374 e. The summed E-state index contributed by atoms with van der Waals surface area (Å²) in [5, 5.41) is 0. The van der Waals surface area contributed by atoms with Crippen LogP contribution in [0.2, 0.25) is 0 Å². The molecule has 1 aromatic heterocycles. The van der Waals surface area contributed by atoms with Crippen molar-refractivity contribution in [3.63, 3.8) is 0 Å². The molecule has 1 aliphatic rings. The molecule has 0 amide bonds. The predicted molar refractivity (Wildman–Crippen MR) is 79.0 cm³/mol. The summed E-state index contributed by atoms with van der Waals surface area (Å²) in [6.45, 7) is 4.50. The summed E-state index contributed by atoms with van der Waals surface area (Å²) in [6, 6.07) is 10.5. The molecule has 21 heavy (non-hydrogen) atoms. The Morgan fingerprint density at radius 1 is 1.33 bits per heavy atom. The lowest BCUT2D eigenvalue weighted by molar-refractivity contribution is 0.0559. The zero-order valence-corrected chi connectivity index (χ0v) is 12.4. The molecule has 2 heterocycles. The number of nitrogens with zero attached hydrogens (tertiary/aromatic N) is 1. The first-order chi connectivity index (χ1) is 10.2. The van der Waals surface area contributed by atoms with Crippen LogP contribution in [0.1, 0.15) is 33.0 Å². The van der Waals surface area contributed by atoms with Crippen molar-refractivity contribution >= 4 is 5.97 Å². The monoisotopic (exact) mass is 285 g/mol. The maximum atomic E-state index is 11.6. The van der Waals surface area contributed by atoms with Gasteiger partial charge in [-0.2, -0.15) is 0 Å². The number of methoxy groups -OCH3 is 1. The first-order valence-electron chi connectivity index (χ1n) is 7.14. The number of aryl methyl sites for hydroxylation is 1. The summed E-state index contributed by atoms with van der Waals surface area (Å²) in [5.74, 6) is 0.708. The number of hydrogen-bond donors (Lipinski definition) is 0. The molecular formula is C17H19NO3. The molecule has 4 nitrogen and oxygen atoms in total. The van der Waals surface area contributed by atoms with Crippen LogP contribution < -0.4 is 0 Å². The van der Waals surface area contributed by atoms with Gasteiger partial charge in [0.05, 0.1) is 13.7 Å². The number of carbonyl (C=O) groups is 1. The lowest BCUT2D eigenvalue weighted by Gasteiger charge is -2.27. The summed E-state index contributed by atoms with van der Waals surface area (Å²) >= 11 is 0. The van der Waals surface area contributed by atoms with E-state index in [1.165, 1.54) is 18.2 Å². The first kappa shape index (κ1) is 13.9. The highest BCUT2D eigenvalue weighted by Crippen LogP contribution is 2.22. The van der Waals surface area contributed by atoms with E-state index in [1.54, 1.807) is 0 Å². The lowest BCUT2D eigenvalue weighted by Crippen LogP contribution is -2.29. The lowest BCUT2D eigenvalue weighted by atomic mass is 10.00. The van der Waals surface area contributed by atoms with E-state index < -0.39 is 5.97 Å². The second-order valence-corrected chi connectivity index (χ2v) is 5.45. The Balaban J connectivity index is 1.72. The van der Waals surface area contributed by atoms with Crippen molar-refractivity contribution in [3.8, 4) is 0 Å². The van der Waals surface area contributed by atoms with Crippen LogP contribution in [-0.4, -0.2) is 24.5 Å². The fourth-order valence-corrected chi connectivity index (χ4v) is 2.83. The van der Waals surface area contributed by atoms with Crippen molar-refractivity contribution in [1.82, 2.24) is 4.90 Å². The van der Waals surface area contributed by atoms with Crippen molar-refractivity contribution in [2.45, 2.75) is 26.4 Å². The second-order valence-electron chi connectivity index (χ2n) is 5.45. The van der Waals surface area contributed by atoms with Gasteiger partial charge in [-0.1, -0.05) is 24.3 Å². The molecule has 3 rings (SSSR count). The number of rotatable bonds is 3. The Bertz CT molecular complexity index is 660. The molecule has 0 fully saturated rings. The summed E-state index contributed by atoms with van der Waals surface area (Å²) in [6.07, 6.45) is 1.06. The van der Waals surface area contributed by atoms with E-state index in [2.05, 4.69) is 29.2 Å². The van der Waals surface area contributed by atoms with Crippen LogP contribution in [0, 0.1) is 6.92 Å². The Morgan fingerprint density at radius 2 is 2.10 bits per heavy atom. The van der Waals surface area contributed by atoms with E-state index in [-0.39, 0.29) is 0 Å². The van der Waals surface area contributed by atoms with E-state index in [1.807, 2.05) is 13.0 Å². The molecule has 1 aromatic carbocycles. The van der Waals surface area contributed by atoms with Gasteiger partial charge in [0.1, 0.15) is 5.76 Å². The SMILES string of the molecule is COC(=O)c1oc(CN2CCc3ccccc3C2)cc1C. The van der Waals surface area contributed by atoms with Gasteiger partial charge in [0.15, 0.2) is 0 Å². The van der Waals surface area contributed by atoms with Crippen LogP contribution in [-0.2, 0) is 24.2 Å². The maximum absolute atomic E-state index is 11.6. The van der Waals surface area contributed by atoms with Crippen molar-refractivity contribution in [2.75, 3.05) is 13.7 Å². The average molecular weight is 285 g/mol. The van der Waals surface area contributed by atoms with Gasteiger partial charge in [-0.15, -0.1) is 0 Å². The Kier molecular flexibility index (Phi) is 3.80. The minimum absolute atomic E-state index is 0.310. The van der Waals surface area contributed by atoms with Gasteiger partial charge in [0, 0.05) is 18.7 Å². The molecule has 0 spiro atoms. The van der Waals surface area contributed by atoms with Crippen molar-refractivity contribution < 1.29 is 13.9 Å². The zero-order valence-electron chi connectivity index (χ0n) is 12.4. The third-order valence-corrected chi connectivity index (χ3v) is 3.93. The molecule has 0 unspecified atom stereocenters. The van der Waals surface area contributed by atoms with Gasteiger partial charge in [-0.3, -0.25) is 4.90 Å². The highest BCUT2D eigenvalue weighted by Gasteiger charge is 2.20. The van der Waals surface area contributed by atoms with Gasteiger partial charge in [-0.05, 0) is 30.5 Å². The Hall–Kier alpha value is -2.07. The molecule has 0 aliphatic carbocycles. The van der Waals surface area contributed by atoms with Crippen LogP contribution in [0.25, 0.3) is 0 Å². The van der Waals surface area contributed by atoms with E-state index >= 15 is 0 Å². The molecule has 110 valence electrons. The molecule has 2 aromatic rings. The molecule has 1 aliphatic heterocycles. The van der Waals surface area contributed by atoms with Crippen molar-refractivity contribution in [3.05, 3.63) is 58.5 Å². The van der Waals surface area contributed by atoms with Crippen LogP contribution in [0.3, 0.4) is 0 Å². The highest BCUT2D eigenvalue weighted by molar-refractivity contribution is 5.87. The molecule has 0 saturated heterocycles. The topological polar surface area (TPSA) is 42.7 Å². The fourth-order valence-electron chi connectivity index (χ4n) is 2.83. The van der Waals surface area contributed by atoms with Crippen LogP contribution in [0.5, 0.6) is 0 Å². The third-order valence-electron chi connectivity index (χ3n) is 3.93. The van der Waals surface area contributed by atoms with Gasteiger partial charge >= 0.3 is 5.97 Å². The van der Waals surface area contributed by atoms with E-state index in [0.29, 0.717) is 12.3 Å². The van der Waals surface area contributed by atoms with Crippen LogP contribution in [0.15, 0.2) is 34.7 Å². The number of carbonyl (C=O) groups excluding carboxylic acids is 1. The van der Waals surface area contributed by atoms with Gasteiger partial charge in [0.2, 0.25) is 5.76 Å². The fraction of sp³-hybridized carbons (Fsp3) is 0.353. The smallest absolute Gasteiger partial charge is 0.374 e. The first-order valence-corrected chi connectivity index (χ1v) is 7.14. The summed E-state index contributed by atoms with van der Waals surface area (Å²) in [7, 11) is 1.37.